The molecule has 0 aromatic rings. The Labute approximate surface area is 110 Å². The maximum Gasteiger partial charge on any atom is 1.00 e. The molecule has 0 amide bonds. The first-order valence-corrected chi connectivity index (χ1v) is 5.10. The van der Waals surface area contributed by atoms with Gasteiger partial charge in [-0.25, -0.2) is 0 Å². The summed E-state index contributed by atoms with van der Waals surface area (Å²) in [6.45, 7) is 0.291. The largest absolute Gasteiger partial charge is 1.00 e. The molecular weight excluding hydrogens is 191 g/mol. The van der Waals surface area contributed by atoms with Crippen molar-refractivity contribution in [3.63, 3.8) is 0 Å². The van der Waals surface area contributed by atoms with E-state index in [0.29, 0.717) is 13.0 Å². The van der Waals surface area contributed by atoms with E-state index in [1.807, 2.05) is 0 Å². The fraction of sp³-hybridized carbons (Fsp3) is 0.900. The molecule has 0 aromatic carbocycles. The van der Waals surface area contributed by atoms with E-state index in [-0.39, 0.29) is 31.0 Å². The van der Waals surface area contributed by atoms with Crippen molar-refractivity contribution in [1.29, 1.82) is 0 Å². The molecule has 2 N–H and O–H groups in total. The third-order valence-electron chi connectivity index (χ3n) is 2.05. The van der Waals surface area contributed by atoms with E-state index in [9.17, 15) is 4.79 Å². The van der Waals surface area contributed by atoms with Crippen LogP contribution in [0.2, 0.25) is 0 Å². The third-order valence-corrected chi connectivity index (χ3v) is 2.05. The summed E-state index contributed by atoms with van der Waals surface area (Å²) in [5.41, 5.74) is 0. The van der Waals surface area contributed by atoms with Gasteiger partial charge in [-0.2, -0.15) is 0 Å². The Morgan fingerprint density at radius 1 is 0.929 bits per heavy atom. The van der Waals surface area contributed by atoms with Gasteiger partial charge in [0.05, 0.1) is 0 Å². The normalized spacial score (nSPS) is 9.50. The zero-order valence-corrected chi connectivity index (χ0v) is 11.2. The molecular formula is C10H21NaO3. The number of rotatable bonds is 9. The van der Waals surface area contributed by atoms with E-state index in [2.05, 4.69) is 0 Å². The molecule has 0 aliphatic heterocycles. The van der Waals surface area contributed by atoms with Crippen LogP contribution in [0.1, 0.15) is 52.8 Å². The van der Waals surface area contributed by atoms with Crippen molar-refractivity contribution in [2.45, 2.75) is 51.4 Å². The molecule has 0 rings (SSSR count). The van der Waals surface area contributed by atoms with Crippen LogP contribution in [-0.4, -0.2) is 22.8 Å². The zero-order chi connectivity index (χ0) is 9.94. The van der Waals surface area contributed by atoms with Crippen molar-refractivity contribution in [2.24, 2.45) is 0 Å². The summed E-state index contributed by atoms with van der Waals surface area (Å²) in [5, 5.41) is 16.9. The maximum atomic E-state index is 10.1. The van der Waals surface area contributed by atoms with Gasteiger partial charge in [0.25, 0.3) is 0 Å². The predicted octanol–water partition coefficient (Wildman–Crippen LogP) is -0.699. The van der Waals surface area contributed by atoms with Crippen LogP contribution in [0.5, 0.6) is 0 Å². The number of aliphatic carboxylic acids is 1. The van der Waals surface area contributed by atoms with Gasteiger partial charge < -0.3 is 11.6 Å². The Morgan fingerprint density at radius 3 is 1.79 bits per heavy atom. The molecule has 80 valence electrons. The number of carboxylic acids is 1. The zero-order valence-electron chi connectivity index (χ0n) is 10.2. The van der Waals surface area contributed by atoms with Crippen molar-refractivity contribution in [2.75, 3.05) is 6.61 Å². The van der Waals surface area contributed by atoms with Crippen LogP contribution in [0.3, 0.4) is 0 Å². The van der Waals surface area contributed by atoms with Gasteiger partial charge in [-0.15, -0.1) is 0 Å². The van der Waals surface area contributed by atoms with Crippen LogP contribution in [0.25, 0.3) is 0 Å². The number of hydrogen-bond donors (Lipinski definition) is 2. The topological polar surface area (TPSA) is 57.5 Å². The monoisotopic (exact) mass is 212 g/mol. The number of unbranched alkanes of at least 4 members (excludes halogenated alkanes) is 6. The summed E-state index contributed by atoms with van der Waals surface area (Å²) in [6, 6.07) is 0. The van der Waals surface area contributed by atoms with Gasteiger partial charge in [0, 0.05) is 13.0 Å². The van der Waals surface area contributed by atoms with Gasteiger partial charge in [-0.3, -0.25) is 4.79 Å². The minimum atomic E-state index is -0.694. The molecule has 0 saturated heterocycles. The molecule has 0 atom stereocenters. The SMILES string of the molecule is O=C(O)CCCCCCCCCO.[H-].[Na+]. The molecule has 0 unspecified atom stereocenters. The van der Waals surface area contributed by atoms with Crippen LogP contribution in [-0.2, 0) is 4.79 Å². The Bertz CT molecular complexity index is 134. The summed E-state index contributed by atoms with van der Waals surface area (Å²) in [7, 11) is 0. The summed E-state index contributed by atoms with van der Waals surface area (Å²) >= 11 is 0. The number of aliphatic hydroxyl groups is 1. The van der Waals surface area contributed by atoms with Gasteiger partial charge >= 0.3 is 35.5 Å². The Morgan fingerprint density at radius 2 is 1.36 bits per heavy atom. The molecule has 0 aliphatic rings. The fourth-order valence-corrected chi connectivity index (χ4v) is 1.27. The number of carbonyl (C=O) groups is 1. The van der Waals surface area contributed by atoms with Crippen molar-refractivity contribution in [3.05, 3.63) is 0 Å². The second-order valence-electron chi connectivity index (χ2n) is 3.34. The van der Waals surface area contributed by atoms with E-state index in [0.717, 1.165) is 38.5 Å². The van der Waals surface area contributed by atoms with E-state index in [1.165, 1.54) is 6.42 Å². The van der Waals surface area contributed by atoms with Gasteiger partial charge in [-0.1, -0.05) is 32.1 Å². The number of aliphatic hydroxyl groups excluding tert-OH is 1. The summed E-state index contributed by atoms with van der Waals surface area (Å²) in [4.78, 5) is 10.1. The first-order valence-electron chi connectivity index (χ1n) is 5.10. The van der Waals surface area contributed by atoms with Gasteiger partial charge in [0.2, 0.25) is 0 Å². The second-order valence-corrected chi connectivity index (χ2v) is 3.34. The first kappa shape index (κ1) is 16.8. The molecule has 0 heterocycles. The van der Waals surface area contributed by atoms with Gasteiger partial charge in [-0.05, 0) is 12.8 Å². The molecule has 0 radical (unpaired) electrons. The molecule has 0 fully saturated rings. The fourth-order valence-electron chi connectivity index (χ4n) is 1.27. The standard InChI is InChI=1S/C10H20O3.Na.H/c11-9-7-5-3-1-2-4-6-8-10(12)13;;/h11H,1-9H2,(H,12,13);;/q;+1;-1. The second kappa shape index (κ2) is 13.4. The molecule has 0 saturated carbocycles. The van der Waals surface area contributed by atoms with Crippen molar-refractivity contribution in [3.8, 4) is 0 Å². The van der Waals surface area contributed by atoms with Crippen LogP contribution in [0.4, 0.5) is 0 Å². The average Bonchev–Trinajstić information content (AvgIpc) is 2.09. The Hall–Kier alpha value is 0.430. The Kier molecular flexibility index (Phi) is 16.2. The smallest absolute Gasteiger partial charge is 1.00 e. The van der Waals surface area contributed by atoms with E-state index in [4.69, 9.17) is 10.2 Å². The summed E-state index contributed by atoms with van der Waals surface area (Å²) < 4.78 is 0. The number of carboxylic acid groups (broad SMARTS) is 1. The molecule has 0 aliphatic carbocycles. The van der Waals surface area contributed by atoms with E-state index >= 15 is 0 Å². The first-order chi connectivity index (χ1) is 6.27. The minimum Gasteiger partial charge on any atom is -1.00 e. The summed E-state index contributed by atoms with van der Waals surface area (Å²) in [5.74, 6) is -0.694. The van der Waals surface area contributed by atoms with Crippen molar-refractivity contribution < 1.29 is 46.0 Å². The molecule has 0 bridgehead atoms. The Balaban J connectivity index is -0.000000720. The van der Waals surface area contributed by atoms with E-state index < -0.39 is 5.97 Å². The molecule has 0 aromatic heterocycles. The predicted molar refractivity (Wildman–Crippen MR) is 52.8 cm³/mol. The third kappa shape index (κ3) is 14.9. The quantitative estimate of drug-likeness (QED) is 0.392. The molecule has 0 spiro atoms. The van der Waals surface area contributed by atoms with Crippen LogP contribution >= 0.6 is 0 Å². The maximum absolute atomic E-state index is 10.1. The molecule has 14 heavy (non-hydrogen) atoms. The molecule has 3 nitrogen and oxygen atoms in total. The average molecular weight is 212 g/mol. The van der Waals surface area contributed by atoms with Gasteiger partial charge in [0.15, 0.2) is 0 Å². The number of hydrogen-bond acceptors (Lipinski definition) is 2. The summed E-state index contributed by atoms with van der Waals surface area (Å²) in [6.07, 6.45) is 7.56. The van der Waals surface area contributed by atoms with Crippen molar-refractivity contribution >= 4 is 5.97 Å². The minimum absolute atomic E-state index is 0. The van der Waals surface area contributed by atoms with Gasteiger partial charge in [0.1, 0.15) is 0 Å². The van der Waals surface area contributed by atoms with Crippen LogP contribution in [0.15, 0.2) is 0 Å². The van der Waals surface area contributed by atoms with Crippen molar-refractivity contribution in [1.82, 2.24) is 0 Å². The van der Waals surface area contributed by atoms with Crippen LogP contribution in [0, 0.1) is 0 Å². The van der Waals surface area contributed by atoms with Crippen LogP contribution < -0.4 is 29.6 Å². The van der Waals surface area contributed by atoms with E-state index in [1.54, 1.807) is 0 Å². The molecule has 4 heteroatoms.